The molecule has 0 aromatic rings. The molecule has 0 amide bonds. The van der Waals surface area contributed by atoms with Crippen molar-refractivity contribution in [3.8, 4) is 0 Å². The molecule has 0 bridgehead atoms. The summed E-state index contributed by atoms with van der Waals surface area (Å²) in [5.41, 5.74) is 1.02. The molecule has 1 N–H and O–H groups in total. The predicted octanol–water partition coefficient (Wildman–Crippen LogP) is 1.48. The Hall–Kier alpha value is -0.790. The summed E-state index contributed by atoms with van der Waals surface area (Å²) in [7, 11) is 0. The SMILES string of the molecule is CCNC(=CC(C)=O)CC. The summed E-state index contributed by atoms with van der Waals surface area (Å²) in [6, 6.07) is 0. The molecule has 0 saturated carbocycles. The third-order valence-electron chi connectivity index (χ3n) is 1.16. The zero-order chi connectivity index (χ0) is 7.98. The number of hydrogen-bond donors (Lipinski definition) is 1. The highest BCUT2D eigenvalue weighted by Crippen LogP contribution is 1.94. The van der Waals surface area contributed by atoms with Gasteiger partial charge >= 0.3 is 0 Å². The van der Waals surface area contributed by atoms with Crippen molar-refractivity contribution in [3.63, 3.8) is 0 Å². The van der Waals surface area contributed by atoms with Gasteiger partial charge in [0.05, 0.1) is 0 Å². The maximum atomic E-state index is 10.6. The first-order valence-electron chi connectivity index (χ1n) is 3.65. The van der Waals surface area contributed by atoms with Gasteiger partial charge in [0.1, 0.15) is 0 Å². The summed E-state index contributed by atoms with van der Waals surface area (Å²) in [4.78, 5) is 10.6. The van der Waals surface area contributed by atoms with Gasteiger partial charge in [0, 0.05) is 12.2 Å². The number of rotatable bonds is 4. The summed E-state index contributed by atoms with van der Waals surface area (Å²) in [5.74, 6) is 0.109. The van der Waals surface area contributed by atoms with Crippen LogP contribution < -0.4 is 5.32 Å². The van der Waals surface area contributed by atoms with Gasteiger partial charge in [0.15, 0.2) is 5.78 Å². The summed E-state index contributed by atoms with van der Waals surface area (Å²) >= 11 is 0. The Morgan fingerprint density at radius 2 is 2.10 bits per heavy atom. The fraction of sp³-hybridized carbons (Fsp3) is 0.625. The lowest BCUT2D eigenvalue weighted by atomic mass is 10.3. The van der Waals surface area contributed by atoms with Crippen molar-refractivity contribution in [2.24, 2.45) is 0 Å². The van der Waals surface area contributed by atoms with Gasteiger partial charge in [-0.05, 0) is 26.3 Å². The summed E-state index contributed by atoms with van der Waals surface area (Å²) < 4.78 is 0. The molecule has 0 rings (SSSR count). The van der Waals surface area contributed by atoms with E-state index in [2.05, 4.69) is 5.32 Å². The molecule has 10 heavy (non-hydrogen) atoms. The van der Waals surface area contributed by atoms with Crippen LogP contribution >= 0.6 is 0 Å². The molecule has 0 unspecified atom stereocenters. The van der Waals surface area contributed by atoms with Crippen molar-refractivity contribution in [1.82, 2.24) is 5.32 Å². The van der Waals surface area contributed by atoms with E-state index >= 15 is 0 Å². The third-order valence-corrected chi connectivity index (χ3v) is 1.16. The Labute approximate surface area is 62.3 Å². The summed E-state index contributed by atoms with van der Waals surface area (Å²) in [6.45, 7) is 6.49. The number of allylic oxidation sites excluding steroid dienone is 2. The lowest BCUT2D eigenvalue weighted by molar-refractivity contribution is -0.112. The maximum absolute atomic E-state index is 10.6. The standard InChI is InChI=1S/C8H15NO/c1-4-8(9-5-2)6-7(3)10/h6,9H,4-5H2,1-3H3. The molecule has 2 heteroatoms. The number of ketones is 1. The van der Waals surface area contributed by atoms with Crippen LogP contribution in [0.15, 0.2) is 11.8 Å². The second-order valence-corrected chi connectivity index (χ2v) is 2.16. The summed E-state index contributed by atoms with van der Waals surface area (Å²) in [6.07, 6.45) is 2.54. The Morgan fingerprint density at radius 1 is 1.50 bits per heavy atom. The minimum atomic E-state index is 0.109. The molecule has 0 aromatic heterocycles. The Balaban J connectivity index is 3.91. The van der Waals surface area contributed by atoms with Crippen LogP contribution in [0, 0.1) is 0 Å². The fourth-order valence-corrected chi connectivity index (χ4v) is 0.751. The topological polar surface area (TPSA) is 29.1 Å². The van der Waals surface area contributed by atoms with Crippen molar-refractivity contribution in [3.05, 3.63) is 11.8 Å². The van der Waals surface area contributed by atoms with Crippen molar-refractivity contribution < 1.29 is 4.79 Å². The third kappa shape index (κ3) is 4.13. The van der Waals surface area contributed by atoms with Crippen LogP contribution in [0.25, 0.3) is 0 Å². The van der Waals surface area contributed by atoms with E-state index in [1.54, 1.807) is 13.0 Å². The van der Waals surface area contributed by atoms with Gasteiger partial charge in [-0.2, -0.15) is 0 Å². The van der Waals surface area contributed by atoms with E-state index in [0.717, 1.165) is 18.7 Å². The van der Waals surface area contributed by atoms with E-state index in [1.807, 2.05) is 13.8 Å². The normalized spacial score (nSPS) is 11.3. The highest BCUT2D eigenvalue weighted by Gasteiger charge is 1.91. The van der Waals surface area contributed by atoms with Crippen LogP contribution in [0.1, 0.15) is 27.2 Å². The molecule has 0 saturated heterocycles. The van der Waals surface area contributed by atoms with Gasteiger partial charge in [0.2, 0.25) is 0 Å². The minimum Gasteiger partial charge on any atom is -0.389 e. The predicted molar refractivity (Wildman–Crippen MR) is 42.7 cm³/mol. The molecule has 0 atom stereocenters. The Kier molecular flexibility index (Phi) is 4.63. The minimum absolute atomic E-state index is 0.109. The zero-order valence-corrected chi connectivity index (χ0v) is 6.90. The number of carbonyl (C=O) groups is 1. The number of nitrogens with one attached hydrogen (secondary N) is 1. The van der Waals surface area contributed by atoms with Gasteiger partial charge in [-0.25, -0.2) is 0 Å². The van der Waals surface area contributed by atoms with Crippen molar-refractivity contribution in [2.75, 3.05) is 6.54 Å². The molecule has 0 heterocycles. The summed E-state index contributed by atoms with van der Waals surface area (Å²) in [5, 5.41) is 3.10. The van der Waals surface area contributed by atoms with Crippen LogP contribution in [0.5, 0.6) is 0 Å². The molecular weight excluding hydrogens is 126 g/mol. The van der Waals surface area contributed by atoms with Gasteiger partial charge < -0.3 is 5.32 Å². The Bertz CT molecular complexity index is 138. The largest absolute Gasteiger partial charge is 0.389 e. The second-order valence-electron chi connectivity index (χ2n) is 2.16. The first-order chi connectivity index (χ1) is 4.70. The van der Waals surface area contributed by atoms with Gasteiger partial charge in [-0.1, -0.05) is 6.92 Å². The molecule has 0 aliphatic carbocycles. The average Bonchev–Trinajstić information content (AvgIpc) is 1.86. The monoisotopic (exact) mass is 141 g/mol. The average molecular weight is 141 g/mol. The van der Waals surface area contributed by atoms with Crippen LogP contribution in [0.3, 0.4) is 0 Å². The maximum Gasteiger partial charge on any atom is 0.154 e. The van der Waals surface area contributed by atoms with E-state index in [-0.39, 0.29) is 5.78 Å². The van der Waals surface area contributed by atoms with E-state index in [1.165, 1.54) is 0 Å². The molecule has 0 aromatic carbocycles. The van der Waals surface area contributed by atoms with Gasteiger partial charge in [-0.3, -0.25) is 4.79 Å². The second kappa shape index (κ2) is 5.03. The highest BCUT2D eigenvalue weighted by molar-refractivity contribution is 5.87. The number of hydrogen-bond acceptors (Lipinski definition) is 2. The van der Waals surface area contributed by atoms with Crippen LogP contribution in [0.2, 0.25) is 0 Å². The first-order valence-corrected chi connectivity index (χ1v) is 3.65. The zero-order valence-electron chi connectivity index (χ0n) is 6.90. The lowest BCUT2D eigenvalue weighted by Gasteiger charge is -2.03. The van der Waals surface area contributed by atoms with Crippen LogP contribution in [-0.4, -0.2) is 12.3 Å². The molecular formula is C8H15NO. The van der Waals surface area contributed by atoms with Crippen LogP contribution in [0.4, 0.5) is 0 Å². The Morgan fingerprint density at radius 3 is 2.40 bits per heavy atom. The molecule has 0 aliphatic rings. The fourth-order valence-electron chi connectivity index (χ4n) is 0.751. The van der Waals surface area contributed by atoms with Gasteiger partial charge in [-0.15, -0.1) is 0 Å². The van der Waals surface area contributed by atoms with Crippen molar-refractivity contribution in [1.29, 1.82) is 0 Å². The highest BCUT2D eigenvalue weighted by atomic mass is 16.1. The molecule has 2 nitrogen and oxygen atoms in total. The van der Waals surface area contributed by atoms with E-state index in [9.17, 15) is 4.79 Å². The molecule has 0 radical (unpaired) electrons. The van der Waals surface area contributed by atoms with E-state index in [0.29, 0.717) is 0 Å². The quantitative estimate of drug-likeness (QED) is 0.601. The first kappa shape index (κ1) is 9.21. The van der Waals surface area contributed by atoms with E-state index in [4.69, 9.17) is 0 Å². The number of carbonyl (C=O) groups excluding carboxylic acids is 1. The van der Waals surface area contributed by atoms with Crippen molar-refractivity contribution >= 4 is 5.78 Å². The molecule has 58 valence electrons. The molecule has 0 fully saturated rings. The molecule has 0 spiro atoms. The van der Waals surface area contributed by atoms with Gasteiger partial charge in [0.25, 0.3) is 0 Å². The van der Waals surface area contributed by atoms with Crippen molar-refractivity contribution in [2.45, 2.75) is 27.2 Å². The lowest BCUT2D eigenvalue weighted by Crippen LogP contribution is -2.12. The smallest absolute Gasteiger partial charge is 0.154 e. The van der Waals surface area contributed by atoms with E-state index < -0.39 is 0 Å². The van der Waals surface area contributed by atoms with Crippen LogP contribution in [-0.2, 0) is 4.79 Å². The molecule has 0 aliphatic heterocycles.